The van der Waals surface area contributed by atoms with Crippen LogP contribution in [-0.4, -0.2) is 41.8 Å². The molecule has 0 saturated heterocycles. The topological polar surface area (TPSA) is 63.5 Å². The highest BCUT2D eigenvalue weighted by Crippen LogP contribution is 2.16. The van der Waals surface area contributed by atoms with Gasteiger partial charge in [-0.05, 0) is 43.9 Å². The Morgan fingerprint density at radius 2 is 2.11 bits per heavy atom. The lowest BCUT2D eigenvalue weighted by atomic mass is 10.0. The van der Waals surface area contributed by atoms with Crippen LogP contribution < -0.4 is 10.6 Å². The lowest BCUT2D eigenvalue weighted by Crippen LogP contribution is -2.39. The van der Waals surface area contributed by atoms with E-state index in [1.807, 2.05) is 19.9 Å². The second kappa shape index (κ2) is 10.8. The van der Waals surface area contributed by atoms with Gasteiger partial charge in [0.25, 0.3) is 0 Å². The molecule has 1 aromatic carbocycles. The SMILES string of the molecule is CCOC(CCNC(=NC)NCc1ccc(-n2ccnc2C)c(F)c1)C(C)C. The molecular formula is C21H32FN5O. The summed E-state index contributed by atoms with van der Waals surface area (Å²) in [7, 11) is 1.73. The molecule has 0 aliphatic rings. The van der Waals surface area contributed by atoms with Crippen LogP contribution >= 0.6 is 0 Å². The molecule has 28 heavy (non-hydrogen) atoms. The van der Waals surface area contributed by atoms with Gasteiger partial charge in [-0.2, -0.15) is 0 Å². The molecule has 1 heterocycles. The predicted molar refractivity (Wildman–Crippen MR) is 111 cm³/mol. The summed E-state index contributed by atoms with van der Waals surface area (Å²) < 4.78 is 22.0. The van der Waals surface area contributed by atoms with Crippen LogP contribution in [0.25, 0.3) is 5.69 Å². The summed E-state index contributed by atoms with van der Waals surface area (Å²) in [5.74, 6) is 1.63. The van der Waals surface area contributed by atoms with Crippen LogP contribution in [0.15, 0.2) is 35.6 Å². The second-order valence-corrected chi connectivity index (χ2v) is 7.01. The van der Waals surface area contributed by atoms with Crippen molar-refractivity contribution in [2.45, 2.75) is 46.8 Å². The van der Waals surface area contributed by atoms with Gasteiger partial charge in [-0.15, -0.1) is 0 Å². The molecule has 0 amide bonds. The van der Waals surface area contributed by atoms with E-state index < -0.39 is 0 Å². The zero-order valence-corrected chi connectivity index (χ0v) is 17.5. The molecule has 0 aliphatic heterocycles. The Morgan fingerprint density at radius 3 is 2.68 bits per heavy atom. The Kier molecular flexibility index (Phi) is 8.44. The van der Waals surface area contributed by atoms with Gasteiger partial charge in [-0.25, -0.2) is 9.37 Å². The third kappa shape index (κ3) is 6.05. The van der Waals surface area contributed by atoms with Crippen molar-refractivity contribution in [2.75, 3.05) is 20.2 Å². The van der Waals surface area contributed by atoms with E-state index in [2.05, 4.69) is 34.5 Å². The minimum Gasteiger partial charge on any atom is -0.378 e. The van der Waals surface area contributed by atoms with E-state index >= 15 is 0 Å². The van der Waals surface area contributed by atoms with E-state index in [9.17, 15) is 4.39 Å². The average Bonchev–Trinajstić information content (AvgIpc) is 3.09. The number of rotatable bonds is 9. The van der Waals surface area contributed by atoms with Gasteiger partial charge < -0.3 is 19.9 Å². The molecule has 0 aliphatic carbocycles. The Labute approximate surface area is 167 Å². The average molecular weight is 390 g/mol. The van der Waals surface area contributed by atoms with E-state index in [-0.39, 0.29) is 11.9 Å². The minimum atomic E-state index is -0.278. The molecule has 0 saturated carbocycles. The molecule has 2 N–H and O–H groups in total. The summed E-state index contributed by atoms with van der Waals surface area (Å²) in [4.78, 5) is 8.37. The highest BCUT2D eigenvalue weighted by Gasteiger charge is 2.13. The standard InChI is InChI=1S/C21H32FN5O/c1-6-28-20(15(2)3)9-10-25-21(23-5)26-14-17-7-8-19(18(22)13-17)27-12-11-24-16(27)4/h7-8,11-13,15,20H,6,9-10,14H2,1-5H3,(H2,23,25,26). The molecule has 1 aromatic heterocycles. The van der Waals surface area contributed by atoms with Crippen molar-refractivity contribution in [3.63, 3.8) is 0 Å². The van der Waals surface area contributed by atoms with Crippen molar-refractivity contribution in [1.82, 2.24) is 20.2 Å². The van der Waals surface area contributed by atoms with E-state index in [1.54, 1.807) is 36.1 Å². The Balaban J connectivity index is 1.88. The summed E-state index contributed by atoms with van der Waals surface area (Å²) in [5, 5.41) is 6.52. The first-order valence-electron chi connectivity index (χ1n) is 9.81. The second-order valence-electron chi connectivity index (χ2n) is 7.01. The maximum absolute atomic E-state index is 14.5. The number of benzene rings is 1. The number of hydrogen-bond acceptors (Lipinski definition) is 3. The van der Waals surface area contributed by atoms with Gasteiger partial charge in [0.05, 0.1) is 11.8 Å². The Bertz CT molecular complexity index is 772. The molecule has 2 aromatic rings. The highest BCUT2D eigenvalue weighted by molar-refractivity contribution is 5.79. The van der Waals surface area contributed by atoms with Crippen molar-refractivity contribution in [1.29, 1.82) is 0 Å². The number of guanidine groups is 1. The van der Waals surface area contributed by atoms with Gasteiger partial charge in [0, 0.05) is 39.1 Å². The number of aryl methyl sites for hydroxylation is 1. The third-order valence-corrected chi connectivity index (χ3v) is 4.63. The smallest absolute Gasteiger partial charge is 0.191 e. The fraction of sp³-hybridized carbons (Fsp3) is 0.524. The van der Waals surface area contributed by atoms with Crippen molar-refractivity contribution in [2.24, 2.45) is 10.9 Å². The number of ether oxygens (including phenoxy) is 1. The zero-order valence-electron chi connectivity index (χ0n) is 17.5. The van der Waals surface area contributed by atoms with Crippen LogP contribution in [0.5, 0.6) is 0 Å². The molecule has 1 atom stereocenters. The molecule has 0 radical (unpaired) electrons. The molecule has 0 bridgehead atoms. The number of nitrogens with one attached hydrogen (secondary N) is 2. The van der Waals surface area contributed by atoms with Gasteiger partial charge in [0.15, 0.2) is 5.96 Å². The summed E-state index contributed by atoms with van der Waals surface area (Å²) in [6.07, 6.45) is 4.54. The molecule has 6 nitrogen and oxygen atoms in total. The Morgan fingerprint density at radius 1 is 1.32 bits per heavy atom. The van der Waals surface area contributed by atoms with Crippen molar-refractivity contribution in [3.05, 3.63) is 47.8 Å². The number of imidazole rings is 1. The predicted octanol–water partition coefficient (Wildman–Crippen LogP) is 3.44. The van der Waals surface area contributed by atoms with E-state index in [4.69, 9.17) is 4.74 Å². The molecule has 1 unspecified atom stereocenters. The minimum absolute atomic E-state index is 0.226. The molecule has 154 valence electrons. The quantitative estimate of drug-likeness (QED) is 0.509. The lowest BCUT2D eigenvalue weighted by molar-refractivity contribution is 0.0258. The van der Waals surface area contributed by atoms with Crippen LogP contribution in [-0.2, 0) is 11.3 Å². The van der Waals surface area contributed by atoms with Gasteiger partial charge in [0.1, 0.15) is 11.6 Å². The van der Waals surface area contributed by atoms with Crippen molar-refractivity contribution >= 4 is 5.96 Å². The van der Waals surface area contributed by atoms with Crippen molar-refractivity contribution in [3.8, 4) is 5.69 Å². The monoisotopic (exact) mass is 389 g/mol. The lowest BCUT2D eigenvalue weighted by Gasteiger charge is -2.21. The normalized spacial score (nSPS) is 13.0. The van der Waals surface area contributed by atoms with Gasteiger partial charge in [-0.3, -0.25) is 4.99 Å². The number of halogens is 1. The van der Waals surface area contributed by atoms with E-state index in [0.29, 0.717) is 24.1 Å². The van der Waals surface area contributed by atoms with Crippen LogP contribution in [0.4, 0.5) is 4.39 Å². The van der Waals surface area contributed by atoms with Crippen molar-refractivity contribution < 1.29 is 9.13 Å². The summed E-state index contributed by atoms with van der Waals surface area (Å²) in [6, 6.07) is 5.22. The van der Waals surface area contributed by atoms with Crippen LogP contribution in [0, 0.1) is 18.7 Å². The highest BCUT2D eigenvalue weighted by atomic mass is 19.1. The molecule has 7 heteroatoms. The fourth-order valence-corrected chi connectivity index (χ4v) is 3.05. The van der Waals surface area contributed by atoms with Gasteiger partial charge >= 0.3 is 0 Å². The van der Waals surface area contributed by atoms with Crippen LogP contribution in [0.1, 0.15) is 38.6 Å². The summed E-state index contributed by atoms with van der Waals surface area (Å²) in [6.45, 7) is 10.2. The first kappa shape index (κ1) is 21.9. The third-order valence-electron chi connectivity index (χ3n) is 4.63. The molecule has 0 fully saturated rings. The van der Waals surface area contributed by atoms with E-state index in [1.165, 1.54) is 0 Å². The first-order chi connectivity index (χ1) is 13.5. The molecule has 0 spiro atoms. The maximum atomic E-state index is 14.5. The number of aromatic nitrogens is 2. The zero-order chi connectivity index (χ0) is 20.5. The fourth-order valence-electron chi connectivity index (χ4n) is 3.05. The maximum Gasteiger partial charge on any atom is 0.191 e. The largest absolute Gasteiger partial charge is 0.378 e. The Hall–Kier alpha value is -2.41. The summed E-state index contributed by atoms with van der Waals surface area (Å²) in [5.41, 5.74) is 1.34. The number of nitrogens with zero attached hydrogens (tertiary/aromatic N) is 3. The molecular weight excluding hydrogens is 357 g/mol. The first-order valence-corrected chi connectivity index (χ1v) is 9.81. The number of hydrogen-bond donors (Lipinski definition) is 2. The van der Waals surface area contributed by atoms with Crippen LogP contribution in [0.3, 0.4) is 0 Å². The van der Waals surface area contributed by atoms with Crippen LogP contribution in [0.2, 0.25) is 0 Å². The summed E-state index contributed by atoms with van der Waals surface area (Å²) >= 11 is 0. The van der Waals surface area contributed by atoms with Gasteiger partial charge in [0.2, 0.25) is 0 Å². The van der Waals surface area contributed by atoms with Gasteiger partial charge in [-0.1, -0.05) is 19.9 Å². The van der Waals surface area contributed by atoms with E-state index in [0.717, 1.165) is 31.0 Å². The number of aliphatic imine (C=N–C) groups is 1. The molecule has 2 rings (SSSR count).